The van der Waals surface area contributed by atoms with Crippen molar-refractivity contribution in [1.82, 2.24) is 9.55 Å². The van der Waals surface area contributed by atoms with Crippen LogP contribution in [0.5, 0.6) is 0 Å². The number of carbonyl (C=O) groups is 2. The normalized spacial score (nSPS) is 12.1. The van der Waals surface area contributed by atoms with Gasteiger partial charge in [-0.3, -0.25) is 19.0 Å². The maximum absolute atomic E-state index is 12.7. The second-order valence-corrected chi connectivity index (χ2v) is 7.46. The van der Waals surface area contributed by atoms with E-state index in [-0.39, 0.29) is 21.3 Å². The van der Waals surface area contributed by atoms with E-state index in [2.05, 4.69) is 10.3 Å². The smallest absolute Gasteiger partial charge is 0.326 e. The van der Waals surface area contributed by atoms with Crippen molar-refractivity contribution in [3.63, 3.8) is 0 Å². The Hall–Kier alpha value is -3.36. The van der Waals surface area contributed by atoms with E-state index in [9.17, 15) is 14.4 Å². The number of rotatable bonds is 5. The second-order valence-electron chi connectivity index (χ2n) is 6.68. The number of para-hydroxylation sites is 1. The van der Waals surface area contributed by atoms with E-state index in [4.69, 9.17) is 32.4 Å². The molecule has 1 N–H and O–H groups in total. The monoisotopic (exact) mass is 459 g/mol. The summed E-state index contributed by atoms with van der Waals surface area (Å²) < 4.78 is 11.8. The molecule has 4 rings (SSSR count). The lowest BCUT2D eigenvalue weighted by atomic mass is 10.2. The molecule has 31 heavy (non-hydrogen) atoms. The van der Waals surface area contributed by atoms with Gasteiger partial charge in [0, 0.05) is 5.39 Å². The van der Waals surface area contributed by atoms with Crippen LogP contribution in [0.2, 0.25) is 10.0 Å². The SMILES string of the molecule is CC(OC(=O)Cn1cnc2c(oc3ccccc32)c1=O)C(=O)Nc1cccc(Cl)c1Cl. The van der Waals surface area contributed by atoms with Crippen LogP contribution in [0, 0.1) is 0 Å². The molecule has 0 aliphatic rings. The molecule has 10 heteroatoms. The van der Waals surface area contributed by atoms with Crippen molar-refractivity contribution >= 4 is 62.8 Å². The number of benzene rings is 2. The molecule has 2 heterocycles. The summed E-state index contributed by atoms with van der Waals surface area (Å²) in [5.41, 5.74) is 0.737. The van der Waals surface area contributed by atoms with E-state index in [1.807, 2.05) is 6.07 Å². The first kappa shape index (κ1) is 20.9. The van der Waals surface area contributed by atoms with Gasteiger partial charge in [0.25, 0.3) is 11.5 Å². The minimum absolute atomic E-state index is 0.0397. The van der Waals surface area contributed by atoms with Crippen molar-refractivity contribution in [1.29, 1.82) is 0 Å². The average molecular weight is 460 g/mol. The predicted molar refractivity (Wildman–Crippen MR) is 116 cm³/mol. The molecule has 4 aromatic rings. The number of halogens is 2. The molecule has 158 valence electrons. The molecule has 0 fully saturated rings. The second kappa shape index (κ2) is 8.41. The lowest BCUT2D eigenvalue weighted by Gasteiger charge is -2.15. The molecular weight excluding hydrogens is 445 g/mol. The fourth-order valence-corrected chi connectivity index (χ4v) is 3.34. The van der Waals surface area contributed by atoms with Crippen molar-refractivity contribution in [2.24, 2.45) is 0 Å². The van der Waals surface area contributed by atoms with E-state index in [0.29, 0.717) is 16.5 Å². The Bertz CT molecular complexity index is 1380. The van der Waals surface area contributed by atoms with Crippen LogP contribution in [0.3, 0.4) is 0 Å². The highest BCUT2D eigenvalue weighted by Gasteiger charge is 2.21. The van der Waals surface area contributed by atoms with Crippen LogP contribution in [0.4, 0.5) is 5.69 Å². The Labute approximate surface area is 185 Å². The molecule has 0 aliphatic carbocycles. The Morgan fingerprint density at radius 2 is 1.97 bits per heavy atom. The minimum atomic E-state index is -1.14. The zero-order chi connectivity index (χ0) is 22.1. The molecule has 0 spiro atoms. The summed E-state index contributed by atoms with van der Waals surface area (Å²) in [5.74, 6) is -1.39. The van der Waals surface area contributed by atoms with Crippen molar-refractivity contribution in [2.75, 3.05) is 5.32 Å². The molecular formula is C21H15Cl2N3O5. The first-order valence-corrected chi connectivity index (χ1v) is 9.92. The zero-order valence-corrected chi connectivity index (χ0v) is 17.6. The van der Waals surface area contributed by atoms with Crippen molar-refractivity contribution < 1.29 is 18.7 Å². The molecule has 0 radical (unpaired) electrons. The molecule has 2 aromatic heterocycles. The quantitative estimate of drug-likeness (QED) is 0.452. The number of amides is 1. The average Bonchev–Trinajstić information content (AvgIpc) is 3.13. The van der Waals surface area contributed by atoms with E-state index >= 15 is 0 Å². The molecule has 1 unspecified atom stereocenters. The van der Waals surface area contributed by atoms with Gasteiger partial charge in [-0.25, -0.2) is 4.98 Å². The van der Waals surface area contributed by atoms with Crippen LogP contribution < -0.4 is 10.9 Å². The van der Waals surface area contributed by atoms with E-state index in [1.165, 1.54) is 13.3 Å². The van der Waals surface area contributed by atoms with Crippen LogP contribution in [-0.2, 0) is 20.9 Å². The van der Waals surface area contributed by atoms with E-state index < -0.39 is 30.1 Å². The standard InChI is InChI=1S/C21H15Cl2N3O5/c1-11(20(28)25-14-7-4-6-13(22)17(14)23)30-16(27)9-26-10-24-18-12-5-2-3-8-15(12)31-19(18)21(26)29/h2-8,10-11H,9H2,1H3,(H,25,28). The third-order valence-corrected chi connectivity index (χ3v) is 5.36. The Kier molecular flexibility index (Phi) is 5.67. The van der Waals surface area contributed by atoms with Crippen LogP contribution in [0.15, 0.2) is 58.0 Å². The number of carbonyl (C=O) groups excluding carboxylic acids is 2. The third-order valence-electron chi connectivity index (χ3n) is 4.54. The number of nitrogens with one attached hydrogen (secondary N) is 1. The fraction of sp³-hybridized carbons (Fsp3) is 0.143. The first-order chi connectivity index (χ1) is 14.8. The van der Waals surface area contributed by atoms with Gasteiger partial charge in [-0.05, 0) is 31.2 Å². The molecule has 1 atom stereocenters. The highest BCUT2D eigenvalue weighted by molar-refractivity contribution is 6.44. The minimum Gasteiger partial charge on any atom is -0.451 e. The van der Waals surface area contributed by atoms with Crippen LogP contribution in [0.1, 0.15) is 6.92 Å². The van der Waals surface area contributed by atoms with Gasteiger partial charge in [0.05, 0.1) is 22.1 Å². The highest BCUT2D eigenvalue weighted by atomic mass is 35.5. The van der Waals surface area contributed by atoms with Gasteiger partial charge in [0.2, 0.25) is 5.58 Å². The first-order valence-electron chi connectivity index (χ1n) is 9.16. The number of hydrogen-bond acceptors (Lipinski definition) is 6. The van der Waals surface area contributed by atoms with Gasteiger partial charge < -0.3 is 14.5 Å². The van der Waals surface area contributed by atoms with Crippen molar-refractivity contribution in [3.8, 4) is 0 Å². The van der Waals surface area contributed by atoms with Crippen LogP contribution in [0.25, 0.3) is 22.1 Å². The van der Waals surface area contributed by atoms with E-state index in [1.54, 1.807) is 36.4 Å². The summed E-state index contributed by atoms with van der Waals surface area (Å²) in [6, 6.07) is 11.9. The predicted octanol–water partition coefficient (Wildman–Crippen LogP) is 4.02. The zero-order valence-electron chi connectivity index (χ0n) is 16.1. The molecule has 0 bridgehead atoms. The molecule has 2 aromatic carbocycles. The Balaban J connectivity index is 1.46. The van der Waals surface area contributed by atoms with Gasteiger partial charge in [-0.2, -0.15) is 0 Å². The van der Waals surface area contributed by atoms with Crippen LogP contribution in [-0.4, -0.2) is 27.5 Å². The summed E-state index contributed by atoms with van der Waals surface area (Å²) in [6.45, 7) is 0.962. The molecule has 0 aliphatic heterocycles. The van der Waals surface area contributed by atoms with Crippen molar-refractivity contribution in [3.05, 3.63) is 69.2 Å². The molecule has 0 saturated carbocycles. The van der Waals surface area contributed by atoms with Crippen molar-refractivity contribution in [2.45, 2.75) is 19.6 Å². The lowest BCUT2D eigenvalue weighted by Crippen LogP contribution is -2.33. The van der Waals surface area contributed by atoms with Gasteiger partial charge in [0.1, 0.15) is 17.6 Å². The number of hydrogen-bond donors (Lipinski definition) is 1. The summed E-state index contributed by atoms with van der Waals surface area (Å²) in [4.78, 5) is 41.5. The Morgan fingerprint density at radius 1 is 1.19 bits per heavy atom. The number of esters is 1. The van der Waals surface area contributed by atoms with E-state index in [0.717, 1.165) is 4.57 Å². The maximum atomic E-state index is 12.7. The van der Waals surface area contributed by atoms with Gasteiger partial charge in [-0.1, -0.05) is 41.4 Å². The summed E-state index contributed by atoms with van der Waals surface area (Å²) in [5, 5.41) is 3.69. The topological polar surface area (TPSA) is 103 Å². The van der Waals surface area contributed by atoms with Crippen LogP contribution >= 0.6 is 23.2 Å². The lowest BCUT2D eigenvalue weighted by molar-refractivity contribution is -0.153. The maximum Gasteiger partial charge on any atom is 0.326 e. The summed E-state index contributed by atoms with van der Waals surface area (Å²) >= 11 is 12.0. The third kappa shape index (κ3) is 4.12. The number of aromatic nitrogens is 2. The number of nitrogens with zero attached hydrogens (tertiary/aromatic N) is 2. The van der Waals surface area contributed by atoms with Gasteiger partial charge in [0.15, 0.2) is 6.10 Å². The largest absolute Gasteiger partial charge is 0.451 e. The Morgan fingerprint density at radius 3 is 2.77 bits per heavy atom. The molecule has 8 nitrogen and oxygen atoms in total. The number of ether oxygens (including phenoxy) is 1. The summed E-state index contributed by atoms with van der Waals surface area (Å²) in [7, 11) is 0. The van der Waals surface area contributed by atoms with Gasteiger partial charge in [-0.15, -0.1) is 0 Å². The number of furan rings is 1. The summed E-state index contributed by atoms with van der Waals surface area (Å²) in [6.07, 6.45) is 0.103. The molecule has 0 saturated heterocycles. The number of fused-ring (bicyclic) bond motifs is 3. The van der Waals surface area contributed by atoms with Gasteiger partial charge >= 0.3 is 5.97 Å². The molecule has 1 amide bonds. The highest BCUT2D eigenvalue weighted by Crippen LogP contribution is 2.29. The number of anilines is 1. The fourth-order valence-electron chi connectivity index (χ4n) is 2.99.